The first-order chi connectivity index (χ1) is 18.3. The molecular formula is C26H25BrN2O8S. The number of carbonyl (C=O) groups is 2. The number of ether oxygens (including phenoxy) is 4. The Kier molecular flexibility index (Phi) is 8.52. The molecule has 4 rings (SSSR count). The summed E-state index contributed by atoms with van der Waals surface area (Å²) in [5.74, 6) is 0.0256. The van der Waals surface area contributed by atoms with Gasteiger partial charge in [0, 0.05) is 6.08 Å². The van der Waals surface area contributed by atoms with Gasteiger partial charge in [0.25, 0.3) is 5.56 Å². The molecule has 0 amide bonds. The molecule has 3 aromatic rings. The summed E-state index contributed by atoms with van der Waals surface area (Å²) in [7, 11) is 1.27. The van der Waals surface area contributed by atoms with Gasteiger partial charge in [-0.05, 0) is 66.5 Å². The highest BCUT2D eigenvalue weighted by atomic mass is 79.9. The van der Waals surface area contributed by atoms with Crippen LogP contribution in [0.2, 0.25) is 0 Å². The normalized spacial score (nSPS) is 15.1. The minimum Gasteiger partial charge on any atom is -0.490 e. The Hall–Kier alpha value is -3.64. The third-order valence-electron chi connectivity index (χ3n) is 5.54. The molecule has 0 bridgehead atoms. The van der Waals surface area contributed by atoms with E-state index in [1.54, 1.807) is 57.2 Å². The largest absolute Gasteiger partial charge is 0.490 e. The summed E-state index contributed by atoms with van der Waals surface area (Å²) in [6.45, 7) is 5.39. The van der Waals surface area contributed by atoms with Crippen LogP contribution in [-0.2, 0) is 19.1 Å². The molecule has 0 saturated heterocycles. The maximum atomic E-state index is 13.7. The van der Waals surface area contributed by atoms with Gasteiger partial charge < -0.3 is 23.4 Å². The number of fused-ring (bicyclic) bond motifs is 1. The average Bonchev–Trinajstić information content (AvgIpc) is 3.44. The van der Waals surface area contributed by atoms with Crippen molar-refractivity contribution >= 4 is 45.3 Å². The van der Waals surface area contributed by atoms with E-state index >= 15 is 0 Å². The van der Waals surface area contributed by atoms with Crippen LogP contribution in [0.15, 0.2) is 60.5 Å². The highest BCUT2D eigenvalue weighted by Gasteiger charge is 2.34. The molecule has 2 aromatic heterocycles. The highest BCUT2D eigenvalue weighted by Crippen LogP contribution is 2.36. The van der Waals surface area contributed by atoms with Gasteiger partial charge in [0.15, 0.2) is 27.6 Å². The Morgan fingerprint density at radius 1 is 1.16 bits per heavy atom. The smallest absolute Gasteiger partial charge is 0.343 e. The van der Waals surface area contributed by atoms with Crippen molar-refractivity contribution in [1.29, 1.82) is 0 Å². The first-order valence-electron chi connectivity index (χ1n) is 11.7. The van der Waals surface area contributed by atoms with Crippen molar-refractivity contribution in [2.45, 2.75) is 26.8 Å². The van der Waals surface area contributed by atoms with Crippen LogP contribution < -0.4 is 24.4 Å². The second-order valence-electron chi connectivity index (χ2n) is 7.95. The Morgan fingerprint density at radius 3 is 2.61 bits per heavy atom. The summed E-state index contributed by atoms with van der Waals surface area (Å²) >= 11 is 4.45. The van der Waals surface area contributed by atoms with Crippen LogP contribution in [-0.4, -0.2) is 43.4 Å². The first kappa shape index (κ1) is 27.4. The van der Waals surface area contributed by atoms with Crippen LogP contribution in [0, 0.1) is 0 Å². The van der Waals surface area contributed by atoms with E-state index in [-0.39, 0.29) is 24.3 Å². The van der Waals surface area contributed by atoms with E-state index in [1.165, 1.54) is 23.0 Å². The third-order valence-corrected chi connectivity index (χ3v) is 6.95. The molecule has 0 aliphatic carbocycles. The third kappa shape index (κ3) is 5.60. The van der Waals surface area contributed by atoms with Gasteiger partial charge in [0.1, 0.15) is 5.76 Å². The molecular weight excluding hydrogens is 580 g/mol. The van der Waals surface area contributed by atoms with Gasteiger partial charge in [-0.2, -0.15) is 0 Å². The van der Waals surface area contributed by atoms with Crippen LogP contribution in [0.25, 0.3) is 6.08 Å². The average molecular weight is 605 g/mol. The number of hydrogen-bond acceptors (Lipinski definition) is 10. The number of furan rings is 1. The van der Waals surface area contributed by atoms with Crippen LogP contribution in [0.4, 0.5) is 0 Å². The Labute approximate surface area is 229 Å². The molecule has 0 N–H and O–H groups in total. The zero-order valence-electron chi connectivity index (χ0n) is 21.1. The number of rotatable bonds is 9. The molecule has 1 atom stereocenters. The number of thiazole rings is 1. The number of aromatic nitrogens is 1. The number of nitrogens with zero attached hydrogens (tertiary/aromatic N) is 2. The minimum atomic E-state index is -0.843. The van der Waals surface area contributed by atoms with Crippen molar-refractivity contribution < 1.29 is 33.0 Å². The topological polar surface area (TPSA) is 119 Å². The fraction of sp³-hybridized carbons (Fsp3) is 0.308. The zero-order valence-corrected chi connectivity index (χ0v) is 23.5. The van der Waals surface area contributed by atoms with Crippen LogP contribution in [0.1, 0.15) is 38.1 Å². The van der Waals surface area contributed by atoms with Crippen molar-refractivity contribution in [3.8, 4) is 11.5 Å². The standard InChI is InChI=1S/C26H25BrN2O8S/c1-5-34-18-11-15(7-9-17(18)36-13-21(30)33-4)23-22(25(32)35-6-2)14(3)28-26-29(23)24(31)19(38-26)12-16-8-10-20(27)37-16/h7-12,23H,5-6,13H2,1-4H3/b19-12-/t23-/m0/s1. The van der Waals surface area contributed by atoms with Crippen LogP contribution >= 0.6 is 27.3 Å². The molecule has 1 aliphatic heterocycles. The lowest BCUT2D eigenvalue weighted by molar-refractivity contribution is -0.143. The van der Waals surface area contributed by atoms with Crippen molar-refractivity contribution in [1.82, 2.24) is 4.57 Å². The summed E-state index contributed by atoms with van der Waals surface area (Å²) < 4.78 is 29.3. The molecule has 0 spiro atoms. The molecule has 12 heteroatoms. The molecule has 1 aromatic carbocycles. The molecule has 38 heavy (non-hydrogen) atoms. The number of allylic oxidation sites excluding steroid dienone is 1. The quantitative estimate of drug-likeness (QED) is 0.342. The summed E-state index contributed by atoms with van der Waals surface area (Å²) in [4.78, 5) is 43.4. The maximum absolute atomic E-state index is 13.7. The summed E-state index contributed by atoms with van der Waals surface area (Å²) in [5, 5.41) is 0. The Bertz CT molecular complexity index is 1580. The molecule has 0 unspecified atom stereocenters. The predicted molar refractivity (Wildman–Crippen MR) is 142 cm³/mol. The second-order valence-corrected chi connectivity index (χ2v) is 9.74. The fourth-order valence-electron chi connectivity index (χ4n) is 3.92. The van der Waals surface area contributed by atoms with Crippen molar-refractivity contribution in [2.24, 2.45) is 4.99 Å². The lowest BCUT2D eigenvalue weighted by Gasteiger charge is -2.25. The van der Waals surface area contributed by atoms with Gasteiger partial charge in [-0.15, -0.1) is 0 Å². The number of halogens is 1. The van der Waals surface area contributed by atoms with Crippen LogP contribution in [0.5, 0.6) is 11.5 Å². The van der Waals surface area contributed by atoms with E-state index in [9.17, 15) is 14.4 Å². The minimum absolute atomic E-state index is 0.157. The van der Waals surface area contributed by atoms with Gasteiger partial charge in [-0.3, -0.25) is 9.36 Å². The maximum Gasteiger partial charge on any atom is 0.343 e. The zero-order chi connectivity index (χ0) is 27.4. The molecule has 1 aliphatic rings. The van der Waals surface area contributed by atoms with Gasteiger partial charge in [0.2, 0.25) is 0 Å². The SMILES string of the molecule is CCOC(=O)C1=C(C)N=c2s/c(=C\c3ccc(Br)o3)c(=O)n2[C@H]1c1ccc(OCC(=O)OC)c(OCC)c1. The van der Waals surface area contributed by atoms with Gasteiger partial charge in [-0.1, -0.05) is 17.4 Å². The molecule has 200 valence electrons. The molecule has 0 radical (unpaired) electrons. The van der Waals surface area contributed by atoms with E-state index in [0.717, 1.165) is 0 Å². The first-order valence-corrected chi connectivity index (χ1v) is 13.3. The van der Waals surface area contributed by atoms with E-state index < -0.39 is 18.0 Å². The highest BCUT2D eigenvalue weighted by molar-refractivity contribution is 9.10. The lowest BCUT2D eigenvalue weighted by Crippen LogP contribution is -2.40. The second kappa shape index (κ2) is 11.8. The van der Waals surface area contributed by atoms with Crippen LogP contribution in [0.3, 0.4) is 0 Å². The van der Waals surface area contributed by atoms with E-state index in [4.69, 9.17) is 18.6 Å². The van der Waals surface area contributed by atoms with E-state index in [0.29, 0.717) is 49.1 Å². The van der Waals surface area contributed by atoms with Gasteiger partial charge in [0.05, 0.1) is 42.2 Å². The Morgan fingerprint density at radius 2 is 1.95 bits per heavy atom. The van der Waals surface area contributed by atoms with Crippen molar-refractivity contribution in [3.63, 3.8) is 0 Å². The van der Waals surface area contributed by atoms with Crippen molar-refractivity contribution in [2.75, 3.05) is 26.9 Å². The van der Waals surface area contributed by atoms with E-state index in [2.05, 4.69) is 25.7 Å². The van der Waals surface area contributed by atoms with Gasteiger partial charge >= 0.3 is 11.9 Å². The number of carbonyl (C=O) groups excluding carboxylic acids is 2. The lowest BCUT2D eigenvalue weighted by atomic mass is 9.95. The molecule has 0 fully saturated rings. The number of benzene rings is 1. The molecule has 3 heterocycles. The predicted octanol–water partition coefficient (Wildman–Crippen LogP) is 3.10. The Balaban J connectivity index is 1.89. The summed E-state index contributed by atoms with van der Waals surface area (Å²) in [5.41, 5.74) is 0.900. The summed E-state index contributed by atoms with van der Waals surface area (Å²) in [6.07, 6.45) is 1.63. The van der Waals surface area contributed by atoms with Crippen molar-refractivity contribution in [3.05, 3.63) is 77.3 Å². The number of methoxy groups -OCH3 is 1. The number of hydrogen-bond donors (Lipinski definition) is 0. The number of esters is 2. The summed E-state index contributed by atoms with van der Waals surface area (Å²) in [6, 6.07) is 7.63. The fourth-order valence-corrected chi connectivity index (χ4v) is 5.27. The van der Waals surface area contributed by atoms with Gasteiger partial charge in [-0.25, -0.2) is 14.6 Å². The molecule has 10 nitrogen and oxygen atoms in total. The monoisotopic (exact) mass is 604 g/mol. The van der Waals surface area contributed by atoms with E-state index in [1.807, 2.05) is 0 Å². The molecule has 0 saturated carbocycles.